The molecule has 1 fully saturated rings. The normalized spacial score (nSPS) is 16.6. The molecule has 0 aliphatic heterocycles. The van der Waals surface area contributed by atoms with Crippen LogP contribution in [-0.4, -0.2) is 29.8 Å². The number of anilines is 1. The minimum atomic E-state index is -0.892. The second kappa shape index (κ2) is 9.98. The summed E-state index contributed by atoms with van der Waals surface area (Å²) >= 11 is 0. The number of aliphatic carboxylic acids is 1. The maximum atomic E-state index is 12.1. The number of methoxy groups -OCH3 is 1. The number of rotatable bonds is 8. The Morgan fingerprint density at radius 2 is 1.72 bits per heavy atom. The Balaban J connectivity index is 1.46. The predicted octanol–water partition coefficient (Wildman–Crippen LogP) is 6.47. The first-order valence-corrected chi connectivity index (χ1v) is 12.9. The smallest absolute Gasteiger partial charge is 0.329 e. The minimum absolute atomic E-state index is 0.140. The summed E-state index contributed by atoms with van der Waals surface area (Å²) in [6.45, 7) is 4.62. The first-order chi connectivity index (χ1) is 17.4. The van der Waals surface area contributed by atoms with Crippen LogP contribution in [0.15, 0.2) is 54.6 Å². The monoisotopic (exact) mass is 485 g/mol. The molecule has 188 valence electrons. The fraction of sp³-hybridized carbons (Fsp3) is 0.387. The van der Waals surface area contributed by atoms with Gasteiger partial charge < -0.3 is 19.9 Å². The summed E-state index contributed by atoms with van der Waals surface area (Å²) in [5.74, 6) is 0.0885. The van der Waals surface area contributed by atoms with Crippen molar-refractivity contribution in [2.24, 2.45) is 0 Å². The summed E-state index contributed by atoms with van der Waals surface area (Å²) in [6.07, 6.45) is 5.12. The van der Waals surface area contributed by atoms with E-state index in [-0.39, 0.29) is 6.10 Å². The fourth-order valence-corrected chi connectivity index (χ4v) is 5.76. The summed E-state index contributed by atoms with van der Waals surface area (Å²) in [7, 11) is 1.70. The van der Waals surface area contributed by atoms with Gasteiger partial charge in [0.25, 0.3) is 0 Å². The molecule has 3 aromatic rings. The molecule has 0 aromatic heterocycles. The van der Waals surface area contributed by atoms with Gasteiger partial charge in [-0.2, -0.15) is 0 Å². The van der Waals surface area contributed by atoms with Gasteiger partial charge in [-0.15, -0.1) is 0 Å². The molecule has 0 saturated heterocycles. The number of ether oxygens (including phenoxy) is 2. The molecule has 5 heteroatoms. The minimum Gasteiger partial charge on any atom is -0.496 e. The lowest BCUT2D eigenvalue weighted by Crippen LogP contribution is -2.43. The standard InChI is InChI=1S/C31H35NO4/c1-20-14-24(18-29(35-3)21(20)2)28-11-10-26(32-31(30(33)34)12-6-7-13-31)15-25(28)19-36-27-16-22-8-4-5-9-23(22)17-27/h4-5,8-11,14-15,18,27,32H,6-7,12-13,16-17,19H2,1-3H3,(H,33,34). The van der Waals surface area contributed by atoms with E-state index in [4.69, 9.17) is 9.47 Å². The van der Waals surface area contributed by atoms with Gasteiger partial charge in [-0.3, -0.25) is 0 Å². The third-order valence-electron chi connectivity index (χ3n) is 7.99. The van der Waals surface area contributed by atoms with Gasteiger partial charge in [0.1, 0.15) is 11.3 Å². The van der Waals surface area contributed by atoms with E-state index in [9.17, 15) is 9.90 Å². The van der Waals surface area contributed by atoms with E-state index in [1.54, 1.807) is 7.11 Å². The van der Waals surface area contributed by atoms with Crippen molar-refractivity contribution in [1.29, 1.82) is 0 Å². The number of fused-ring (bicyclic) bond motifs is 1. The summed E-state index contributed by atoms with van der Waals surface area (Å²) in [5.41, 5.74) is 8.15. The SMILES string of the molecule is COc1cc(-c2ccc(NC3(C(=O)O)CCCC3)cc2COC2Cc3ccccc3C2)cc(C)c1C. The molecule has 1 saturated carbocycles. The van der Waals surface area contributed by atoms with Gasteiger partial charge in [0.15, 0.2) is 0 Å². The first kappa shape index (κ1) is 24.4. The Morgan fingerprint density at radius 1 is 1.03 bits per heavy atom. The zero-order chi connectivity index (χ0) is 25.3. The summed E-state index contributed by atoms with van der Waals surface area (Å²) in [6, 6.07) is 19.0. The number of carbonyl (C=O) groups is 1. The fourth-order valence-electron chi connectivity index (χ4n) is 5.76. The van der Waals surface area contributed by atoms with Crippen LogP contribution in [0.4, 0.5) is 5.69 Å². The van der Waals surface area contributed by atoms with Crippen molar-refractivity contribution in [3.8, 4) is 16.9 Å². The Kier molecular flexibility index (Phi) is 6.76. The molecule has 2 aliphatic rings. The molecule has 2 N–H and O–H groups in total. The Hall–Kier alpha value is -3.31. The maximum absolute atomic E-state index is 12.1. The molecule has 5 nitrogen and oxygen atoms in total. The molecule has 3 aromatic carbocycles. The molecule has 2 aliphatic carbocycles. The first-order valence-electron chi connectivity index (χ1n) is 12.9. The number of hydrogen-bond donors (Lipinski definition) is 2. The number of hydrogen-bond acceptors (Lipinski definition) is 4. The van der Waals surface area contributed by atoms with Crippen LogP contribution in [-0.2, 0) is 29.0 Å². The van der Waals surface area contributed by atoms with Gasteiger partial charge in [-0.25, -0.2) is 4.79 Å². The molecule has 36 heavy (non-hydrogen) atoms. The highest BCUT2D eigenvalue weighted by atomic mass is 16.5. The summed E-state index contributed by atoms with van der Waals surface area (Å²) < 4.78 is 12.1. The summed E-state index contributed by atoms with van der Waals surface area (Å²) in [4.78, 5) is 12.1. The van der Waals surface area contributed by atoms with Crippen LogP contribution in [0.2, 0.25) is 0 Å². The molecule has 0 bridgehead atoms. The highest BCUT2D eigenvalue weighted by Crippen LogP contribution is 2.37. The van der Waals surface area contributed by atoms with Crippen molar-refractivity contribution in [2.45, 2.75) is 70.6 Å². The Bertz CT molecular complexity index is 1250. The van der Waals surface area contributed by atoms with Gasteiger partial charge in [0.05, 0.1) is 19.8 Å². The van der Waals surface area contributed by atoms with Crippen molar-refractivity contribution >= 4 is 11.7 Å². The third kappa shape index (κ3) is 4.72. The maximum Gasteiger partial charge on any atom is 0.329 e. The van der Waals surface area contributed by atoms with Crippen LogP contribution in [0, 0.1) is 13.8 Å². The number of carboxylic acid groups (broad SMARTS) is 1. The Morgan fingerprint density at radius 3 is 2.36 bits per heavy atom. The van der Waals surface area contributed by atoms with E-state index in [2.05, 4.69) is 67.7 Å². The number of aryl methyl sites for hydroxylation is 1. The molecule has 5 rings (SSSR count). The van der Waals surface area contributed by atoms with Crippen LogP contribution < -0.4 is 10.1 Å². The lowest BCUT2D eigenvalue weighted by molar-refractivity contribution is -0.142. The van der Waals surface area contributed by atoms with Gasteiger partial charge >= 0.3 is 5.97 Å². The highest BCUT2D eigenvalue weighted by Gasteiger charge is 2.41. The molecular formula is C31H35NO4. The third-order valence-corrected chi connectivity index (χ3v) is 7.99. The van der Waals surface area contributed by atoms with Crippen molar-refractivity contribution in [3.63, 3.8) is 0 Å². The van der Waals surface area contributed by atoms with Gasteiger partial charge in [0.2, 0.25) is 0 Å². The van der Waals surface area contributed by atoms with E-state index < -0.39 is 11.5 Å². The van der Waals surface area contributed by atoms with Crippen molar-refractivity contribution in [2.75, 3.05) is 12.4 Å². The van der Waals surface area contributed by atoms with E-state index in [0.29, 0.717) is 19.4 Å². The molecule has 0 atom stereocenters. The van der Waals surface area contributed by atoms with E-state index in [1.807, 2.05) is 6.07 Å². The van der Waals surface area contributed by atoms with E-state index in [0.717, 1.165) is 59.4 Å². The van der Waals surface area contributed by atoms with E-state index >= 15 is 0 Å². The highest BCUT2D eigenvalue weighted by molar-refractivity contribution is 5.84. The van der Waals surface area contributed by atoms with Crippen LogP contribution >= 0.6 is 0 Å². The topological polar surface area (TPSA) is 67.8 Å². The predicted molar refractivity (Wildman–Crippen MR) is 143 cm³/mol. The summed E-state index contributed by atoms with van der Waals surface area (Å²) in [5, 5.41) is 13.4. The zero-order valence-corrected chi connectivity index (χ0v) is 21.4. The van der Waals surface area contributed by atoms with Crippen molar-refractivity contribution in [1.82, 2.24) is 0 Å². The van der Waals surface area contributed by atoms with Crippen molar-refractivity contribution in [3.05, 3.63) is 82.4 Å². The Labute approximate surface area is 213 Å². The van der Waals surface area contributed by atoms with Gasteiger partial charge in [-0.1, -0.05) is 49.2 Å². The average molecular weight is 486 g/mol. The van der Waals surface area contributed by atoms with Gasteiger partial charge in [-0.05, 0) is 96.7 Å². The second-order valence-electron chi connectivity index (χ2n) is 10.3. The largest absolute Gasteiger partial charge is 0.496 e. The van der Waals surface area contributed by atoms with E-state index in [1.165, 1.54) is 16.7 Å². The lowest BCUT2D eigenvalue weighted by Gasteiger charge is -2.27. The molecular weight excluding hydrogens is 450 g/mol. The van der Waals surface area contributed by atoms with Crippen LogP contribution in [0.1, 0.15) is 53.5 Å². The van der Waals surface area contributed by atoms with Crippen LogP contribution in [0.25, 0.3) is 11.1 Å². The average Bonchev–Trinajstić information content (AvgIpc) is 3.52. The number of benzene rings is 3. The second-order valence-corrected chi connectivity index (χ2v) is 10.3. The molecule has 0 radical (unpaired) electrons. The number of nitrogens with one attached hydrogen (secondary N) is 1. The van der Waals surface area contributed by atoms with Crippen LogP contribution in [0.5, 0.6) is 5.75 Å². The molecule has 0 amide bonds. The number of carboxylic acids is 1. The molecule has 0 unspecified atom stereocenters. The molecule has 0 heterocycles. The molecule has 0 spiro atoms. The quantitative estimate of drug-likeness (QED) is 0.383. The van der Waals surface area contributed by atoms with Crippen LogP contribution in [0.3, 0.4) is 0 Å². The lowest BCUT2D eigenvalue weighted by atomic mass is 9.94. The zero-order valence-electron chi connectivity index (χ0n) is 21.4. The van der Waals surface area contributed by atoms with Crippen molar-refractivity contribution < 1.29 is 19.4 Å². The van der Waals surface area contributed by atoms with Gasteiger partial charge in [0, 0.05) is 5.69 Å².